The molecule has 0 aliphatic carbocycles. The van der Waals surface area contributed by atoms with Crippen molar-refractivity contribution in [3.63, 3.8) is 0 Å². The summed E-state index contributed by atoms with van der Waals surface area (Å²) in [4.78, 5) is 33.1. The Morgan fingerprint density at radius 1 is 0.881 bits per heavy atom. The number of sulfonamides is 1. The van der Waals surface area contributed by atoms with Gasteiger partial charge in [-0.1, -0.05) is 49.7 Å². The normalized spacial score (nSPS) is 11.7. The minimum Gasteiger partial charge on any atom is -0.336 e. The van der Waals surface area contributed by atoms with Crippen LogP contribution in [0.5, 0.6) is 0 Å². The summed E-state index contributed by atoms with van der Waals surface area (Å²) < 4.78 is 72.0. The summed E-state index contributed by atoms with van der Waals surface area (Å²) in [7, 11) is -4.53. The zero-order chi connectivity index (χ0) is 30.0. The number of hydrogen-bond acceptors (Lipinski definition) is 5. The Morgan fingerprint density at radius 3 is 2.21 bits per heavy atom. The number of imidazole rings is 1. The molecule has 0 radical (unpaired) electrons. The first-order chi connectivity index (χ1) is 20.1. The molecule has 42 heavy (non-hydrogen) atoms. The lowest BCUT2D eigenvalue weighted by Gasteiger charge is -2.11. The van der Waals surface area contributed by atoms with Crippen LogP contribution in [0.4, 0.5) is 18.9 Å². The van der Waals surface area contributed by atoms with Crippen LogP contribution in [0.3, 0.4) is 0 Å². The summed E-state index contributed by atoms with van der Waals surface area (Å²) in [6, 6.07) is 14.7. The second kappa shape index (κ2) is 11.7. The van der Waals surface area contributed by atoms with Crippen LogP contribution < -0.4 is 16.0 Å². The zero-order valence-electron chi connectivity index (χ0n) is 22.4. The maximum absolute atomic E-state index is 14.3. The molecule has 0 aliphatic heterocycles. The molecule has 0 saturated carbocycles. The number of aromatic amines is 1. The van der Waals surface area contributed by atoms with E-state index in [9.17, 15) is 31.2 Å². The molecule has 2 aromatic heterocycles. The Bertz CT molecular complexity index is 1980. The first-order valence-corrected chi connectivity index (χ1v) is 14.6. The third kappa shape index (κ3) is 5.73. The lowest BCUT2D eigenvalue weighted by Crippen LogP contribution is -2.40. The van der Waals surface area contributed by atoms with Gasteiger partial charge < -0.3 is 4.98 Å². The Morgan fingerprint density at radius 2 is 1.55 bits per heavy atom. The van der Waals surface area contributed by atoms with Crippen LogP contribution in [0, 0.1) is 17.5 Å². The topological polar surface area (TPSA) is 119 Å². The van der Waals surface area contributed by atoms with Crippen molar-refractivity contribution < 1.29 is 21.6 Å². The van der Waals surface area contributed by atoms with Gasteiger partial charge in [0.2, 0.25) is 0 Å². The highest BCUT2D eigenvalue weighted by Crippen LogP contribution is 2.22. The van der Waals surface area contributed by atoms with E-state index in [0.29, 0.717) is 24.4 Å². The number of fused-ring (bicyclic) bond motifs is 1. The molecule has 5 aromatic rings. The van der Waals surface area contributed by atoms with E-state index in [0.717, 1.165) is 29.2 Å². The lowest BCUT2D eigenvalue weighted by molar-refractivity contribution is 0.521. The molecule has 9 nitrogen and oxygen atoms in total. The number of unbranched alkanes of at least 4 members (excludes halogenated alkanes) is 1. The van der Waals surface area contributed by atoms with Crippen LogP contribution >= 0.6 is 0 Å². The second-order valence-electron chi connectivity index (χ2n) is 9.68. The number of anilines is 1. The molecular weight excluding hydrogens is 571 g/mol. The molecule has 0 unspecified atom stereocenters. The predicted molar refractivity (Wildman–Crippen MR) is 151 cm³/mol. The van der Waals surface area contributed by atoms with E-state index in [2.05, 4.69) is 14.7 Å². The highest BCUT2D eigenvalue weighted by molar-refractivity contribution is 7.92. The third-order valence-electron chi connectivity index (χ3n) is 6.70. The van der Waals surface area contributed by atoms with E-state index in [1.807, 2.05) is 6.92 Å². The Labute approximate surface area is 238 Å². The van der Waals surface area contributed by atoms with Gasteiger partial charge in [-0.3, -0.25) is 18.7 Å². The Kier molecular flexibility index (Phi) is 8.03. The lowest BCUT2D eigenvalue weighted by atomic mass is 10.1. The first-order valence-electron chi connectivity index (χ1n) is 13.1. The van der Waals surface area contributed by atoms with Gasteiger partial charge in [0.15, 0.2) is 10.5 Å². The summed E-state index contributed by atoms with van der Waals surface area (Å²) in [6.45, 7) is 2.03. The molecule has 0 bridgehead atoms. The van der Waals surface area contributed by atoms with Crippen molar-refractivity contribution in [3.05, 3.63) is 122 Å². The van der Waals surface area contributed by atoms with Gasteiger partial charge in [-0.25, -0.2) is 31.4 Å². The number of aromatic nitrogens is 4. The van der Waals surface area contributed by atoms with Crippen molar-refractivity contribution in [1.29, 1.82) is 0 Å². The number of rotatable bonds is 10. The molecule has 2 heterocycles. The quantitative estimate of drug-likeness (QED) is 0.245. The summed E-state index contributed by atoms with van der Waals surface area (Å²) in [5, 5.41) is 0. The maximum atomic E-state index is 14.3. The van der Waals surface area contributed by atoms with E-state index in [4.69, 9.17) is 0 Å². The average molecular weight is 598 g/mol. The van der Waals surface area contributed by atoms with Crippen LogP contribution in [0.2, 0.25) is 0 Å². The zero-order valence-corrected chi connectivity index (χ0v) is 23.2. The van der Waals surface area contributed by atoms with Gasteiger partial charge in [-0.15, -0.1) is 0 Å². The van der Waals surface area contributed by atoms with E-state index in [1.165, 1.54) is 34.9 Å². The minimum absolute atomic E-state index is 0.0791. The van der Waals surface area contributed by atoms with Crippen LogP contribution in [-0.4, -0.2) is 27.5 Å². The standard InChI is InChI=1S/C29H26F3N5O4S/c1-2-3-15-36-27-25(28(38)37(29(36)39)17-19-7-4-5-8-21(19)30)33-24(34-27)16-18-11-13-20(14-12-18)35-42(40,41)26-22(31)9-6-10-23(26)32/h4-14,35H,2-3,15-17H2,1H3,(H,33,34). The third-order valence-corrected chi connectivity index (χ3v) is 8.13. The number of aryl methyl sites for hydroxylation is 1. The number of nitrogens with zero attached hydrogens (tertiary/aromatic N) is 3. The average Bonchev–Trinajstić information content (AvgIpc) is 3.36. The SMILES string of the molecule is CCCCn1c(=O)n(Cc2ccccc2F)c(=O)c2[nH]c(Cc3ccc(NS(=O)(=O)c4c(F)cccc4F)cc3)nc21. The number of nitrogens with one attached hydrogen (secondary N) is 2. The molecule has 0 fully saturated rings. The minimum atomic E-state index is -4.53. The Balaban J connectivity index is 1.44. The molecular formula is C29H26F3N5O4S. The molecule has 0 saturated heterocycles. The van der Waals surface area contributed by atoms with Crippen LogP contribution in [0.15, 0.2) is 81.2 Å². The van der Waals surface area contributed by atoms with Gasteiger partial charge in [0, 0.05) is 24.2 Å². The highest BCUT2D eigenvalue weighted by atomic mass is 32.2. The van der Waals surface area contributed by atoms with Gasteiger partial charge in [0.25, 0.3) is 15.6 Å². The van der Waals surface area contributed by atoms with E-state index >= 15 is 0 Å². The summed E-state index contributed by atoms with van der Waals surface area (Å²) in [6.07, 6.45) is 1.64. The van der Waals surface area contributed by atoms with Crippen LogP contribution in [0.25, 0.3) is 11.2 Å². The van der Waals surface area contributed by atoms with Gasteiger partial charge in [0.05, 0.1) is 6.54 Å². The number of H-pyrrole nitrogens is 1. The predicted octanol–water partition coefficient (Wildman–Crippen LogP) is 4.54. The molecule has 218 valence electrons. The van der Waals surface area contributed by atoms with Crippen LogP contribution in [-0.2, 0) is 29.5 Å². The number of hydrogen-bond donors (Lipinski definition) is 2. The molecule has 0 amide bonds. The smallest absolute Gasteiger partial charge is 0.333 e. The van der Waals surface area contributed by atoms with E-state index in [-0.39, 0.29) is 35.4 Å². The van der Waals surface area contributed by atoms with Crippen molar-refractivity contribution in [3.8, 4) is 0 Å². The second-order valence-corrected chi connectivity index (χ2v) is 11.3. The van der Waals surface area contributed by atoms with Crippen molar-refractivity contribution >= 4 is 26.9 Å². The van der Waals surface area contributed by atoms with Gasteiger partial charge in [-0.2, -0.15) is 0 Å². The van der Waals surface area contributed by atoms with Crippen LogP contribution in [0.1, 0.15) is 36.7 Å². The van der Waals surface area contributed by atoms with Gasteiger partial charge in [-0.05, 0) is 42.3 Å². The largest absolute Gasteiger partial charge is 0.336 e. The molecule has 13 heteroatoms. The number of halogens is 3. The monoisotopic (exact) mass is 597 g/mol. The fourth-order valence-electron chi connectivity index (χ4n) is 4.58. The number of benzene rings is 3. The first kappa shape index (κ1) is 28.9. The fraction of sp³-hybridized carbons (Fsp3) is 0.207. The van der Waals surface area contributed by atoms with Crippen molar-refractivity contribution in [2.45, 2.75) is 44.2 Å². The maximum Gasteiger partial charge on any atom is 0.333 e. The van der Waals surface area contributed by atoms with E-state index in [1.54, 1.807) is 18.2 Å². The van der Waals surface area contributed by atoms with Gasteiger partial charge >= 0.3 is 5.69 Å². The molecule has 5 rings (SSSR count). The summed E-state index contributed by atoms with van der Waals surface area (Å²) >= 11 is 0. The van der Waals surface area contributed by atoms with Gasteiger partial charge in [0.1, 0.15) is 28.8 Å². The van der Waals surface area contributed by atoms with Crippen molar-refractivity contribution in [1.82, 2.24) is 19.1 Å². The molecule has 3 aromatic carbocycles. The van der Waals surface area contributed by atoms with E-state index < -0.39 is 43.6 Å². The van der Waals surface area contributed by atoms with Crippen molar-refractivity contribution in [2.24, 2.45) is 0 Å². The fourth-order valence-corrected chi connectivity index (χ4v) is 5.78. The summed E-state index contributed by atoms with van der Waals surface area (Å²) in [5.41, 5.74) is 0.0212. The molecule has 0 atom stereocenters. The molecule has 0 aliphatic rings. The molecule has 2 N–H and O–H groups in total. The van der Waals surface area contributed by atoms with Crippen molar-refractivity contribution in [2.75, 3.05) is 4.72 Å². The summed E-state index contributed by atoms with van der Waals surface area (Å²) in [5.74, 6) is -2.58. The Hall–Kier alpha value is -4.65. The molecule has 0 spiro atoms. The highest BCUT2D eigenvalue weighted by Gasteiger charge is 2.24.